The Labute approximate surface area is 111 Å². The van der Waals surface area contributed by atoms with Gasteiger partial charge in [-0.2, -0.15) is 4.98 Å². The Morgan fingerprint density at radius 1 is 1.58 bits per heavy atom. The molecule has 1 amide bonds. The molecule has 2 rings (SSSR count). The molecule has 6 heteroatoms. The number of hydrogen-bond acceptors (Lipinski definition) is 4. The van der Waals surface area contributed by atoms with E-state index in [1.54, 1.807) is 11.5 Å². The van der Waals surface area contributed by atoms with Crippen LogP contribution in [0.4, 0.5) is 0 Å². The van der Waals surface area contributed by atoms with Gasteiger partial charge >= 0.3 is 5.69 Å². The topological polar surface area (TPSA) is 76.0 Å². The van der Waals surface area contributed by atoms with Crippen LogP contribution >= 0.6 is 0 Å². The van der Waals surface area contributed by atoms with Gasteiger partial charge in [0.1, 0.15) is 6.04 Å². The monoisotopic (exact) mass is 262 g/mol. The molecule has 0 aromatic carbocycles. The van der Waals surface area contributed by atoms with Crippen LogP contribution in [-0.2, 0) is 11.3 Å². The van der Waals surface area contributed by atoms with Crippen molar-refractivity contribution >= 4 is 5.91 Å². The fourth-order valence-corrected chi connectivity index (χ4v) is 2.09. The summed E-state index contributed by atoms with van der Waals surface area (Å²) in [5, 5.41) is 5.83. The van der Waals surface area contributed by atoms with E-state index in [1.807, 2.05) is 25.1 Å². The Kier molecular flexibility index (Phi) is 4.11. The predicted octanol–water partition coefficient (Wildman–Crippen LogP) is -0.496. The summed E-state index contributed by atoms with van der Waals surface area (Å²) < 4.78 is 1.56. The van der Waals surface area contributed by atoms with Crippen LogP contribution in [0.5, 0.6) is 0 Å². The molecular weight excluding hydrogens is 244 g/mol. The fraction of sp³-hybridized carbons (Fsp3) is 0.462. The van der Waals surface area contributed by atoms with Gasteiger partial charge in [0.25, 0.3) is 0 Å². The molecule has 1 aliphatic heterocycles. The number of rotatable bonds is 4. The van der Waals surface area contributed by atoms with E-state index in [9.17, 15) is 9.59 Å². The van der Waals surface area contributed by atoms with Crippen molar-refractivity contribution < 1.29 is 4.79 Å². The minimum atomic E-state index is -0.273. The van der Waals surface area contributed by atoms with Gasteiger partial charge in [-0.25, -0.2) is 4.79 Å². The van der Waals surface area contributed by atoms with Gasteiger partial charge in [0.2, 0.25) is 5.91 Å². The van der Waals surface area contributed by atoms with Crippen LogP contribution in [0.15, 0.2) is 23.0 Å². The number of aryl methyl sites for hydroxylation is 2. The van der Waals surface area contributed by atoms with Gasteiger partial charge in [-0.1, -0.05) is 12.2 Å². The lowest BCUT2D eigenvalue weighted by Gasteiger charge is -2.12. The number of nitrogens with zero attached hydrogens (tertiary/aromatic N) is 2. The molecule has 0 saturated carbocycles. The molecule has 102 valence electrons. The van der Waals surface area contributed by atoms with Gasteiger partial charge in [0.05, 0.1) is 0 Å². The molecule has 1 aliphatic rings. The summed E-state index contributed by atoms with van der Waals surface area (Å²) in [6.07, 6.45) is 3.75. The SMILES string of the molecule is Cc1cc(C)n(CCNC(=O)C2C=CCN2)c(=O)n1. The van der Waals surface area contributed by atoms with Crippen molar-refractivity contribution in [2.45, 2.75) is 26.4 Å². The van der Waals surface area contributed by atoms with Gasteiger partial charge in [-0.3, -0.25) is 14.7 Å². The highest BCUT2D eigenvalue weighted by atomic mass is 16.2. The zero-order valence-corrected chi connectivity index (χ0v) is 11.1. The molecule has 0 spiro atoms. The average molecular weight is 262 g/mol. The molecule has 19 heavy (non-hydrogen) atoms. The second kappa shape index (κ2) is 5.79. The largest absolute Gasteiger partial charge is 0.353 e. The maximum Gasteiger partial charge on any atom is 0.348 e. The number of carbonyl (C=O) groups is 1. The number of aromatic nitrogens is 2. The van der Waals surface area contributed by atoms with Crippen LogP contribution in [0.25, 0.3) is 0 Å². The second-order valence-electron chi connectivity index (χ2n) is 4.58. The molecule has 2 heterocycles. The standard InChI is InChI=1S/C13H18N4O2/c1-9-8-10(2)17(13(19)16-9)7-6-15-12(18)11-4-3-5-14-11/h3-4,8,11,14H,5-7H2,1-2H3,(H,15,18). The van der Waals surface area contributed by atoms with Gasteiger partial charge < -0.3 is 5.32 Å². The van der Waals surface area contributed by atoms with Crippen LogP contribution in [0.2, 0.25) is 0 Å². The predicted molar refractivity (Wildman–Crippen MR) is 71.9 cm³/mol. The van der Waals surface area contributed by atoms with Crippen LogP contribution in [0.3, 0.4) is 0 Å². The molecule has 0 radical (unpaired) electrons. The average Bonchev–Trinajstić information content (AvgIpc) is 2.85. The van der Waals surface area contributed by atoms with Crippen molar-refractivity contribution in [1.29, 1.82) is 0 Å². The number of hydrogen-bond donors (Lipinski definition) is 2. The third-order valence-electron chi connectivity index (χ3n) is 3.05. The Bertz CT molecular complexity index is 562. The first-order chi connectivity index (χ1) is 9.08. The van der Waals surface area contributed by atoms with E-state index in [4.69, 9.17) is 0 Å². The van der Waals surface area contributed by atoms with E-state index in [2.05, 4.69) is 15.6 Å². The summed E-state index contributed by atoms with van der Waals surface area (Å²) >= 11 is 0. The lowest BCUT2D eigenvalue weighted by atomic mass is 10.3. The maximum absolute atomic E-state index is 11.7. The fourth-order valence-electron chi connectivity index (χ4n) is 2.09. The summed E-state index contributed by atoms with van der Waals surface area (Å²) in [6, 6.07) is 1.60. The van der Waals surface area contributed by atoms with Crippen molar-refractivity contribution in [1.82, 2.24) is 20.2 Å². The first-order valence-corrected chi connectivity index (χ1v) is 6.31. The molecule has 0 saturated heterocycles. The molecule has 1 aromatic heterocycles. The molecule has 6 nitrogen and oxygen atoms in total. The molecule has 0 bridgehead atoms. The minimum Gasteiger partial charge on any atom is -0.353 e. The molecule has 1 aromatic rings. The first kappa shape index (κ1) is 13.5. The van der Waals surface area contributed by atoms with Crippen molar-refractivity contribution in [2.24, 2.45) is 0 Å². The molecule has 0 aliphatic carbocycles. The third-order valence-corrected chi connectivity index (χ3v) is 3.05. The van der Waals surface area contributed by atoms with Crippen molar-refractivity contribution in [3.05, 3.63) is 40.1 Å². The first-order valence-electron chi connectivity index (χ1n) is 6.31. The van der Waals surface area contributed by atoms with Crippen molar-refractivity contribution in [3.8, 4) is 0 Å². The Balaban J connectivity index is 1.91. The highest BCUT2D eigenvalue weighted by molar-refractivity contribution is 5.84. The van der Waals surface area contributed by atoms with Crippen LogP contribution < -0.4 is 16.3 Å². The van der Waals surface area contributed by atoms with E-state index in [-0.39, 0.29) is 17.6 Å². The third kappa shape index (κ3) is 3.29. The number of carbonyl (C=O) groups excluding carboxylic acids is 1. The highest BCUT2D eigenvalue weighted by Gasteiger charge is 2.16. The van der Waals surface area contributed by atoms with Gasteiger partial charge in [0, 0.05) is 31.0 Å². The Morgan fingerprint density at radius 3 is 3.00 bits per heavy atom. The quantitative estimate of drug-likeness (QED) is 0.718. The van der Waals surface area contributed by atoms with Crippen LogP contribution in [0, 0.1) is 13.8 Å². The molecular formula is C13H18N4O2. The maximum atomic E-state index is 11.7. The van der Waals surface area contributed by atoms with Crippen molar-refractivity contribution in [2.75, 3.05) is 13.1 Å². The van der Waals surface area contributed by atoms with E-state index in [1.165, 1.54) is 0 Å². The second-order valence-corrected chi connectivity index (χ2v) is 4.58. The van der Waals surface area contributed by atoms with E-state index >= 15 is 0 Å². The molecule has 1 atom stereocenters. The lowest BCUT2D eigenvalue weighted by molar-refractivity contribution is -0.121. The normalized spacial score (nSPS) is 17.7. The van der Waals surface area contributed by atoms with Gasteiger partial charge in [-0.15, -0.1) is 0 Å². The molecule has 0 fully saturated rings. The Hall–Kier alpha value is -1.95. The molecule has 1 unspecified atom stereocenters. The van der Waals surface area contributed by atoms with E-state index < -0.39 is 0 Å². The Morgan fingerprint density at radius 2 is 2.37 bits per heavy atom. The zero-order valence-electron chi connectivity index (χ0n) is 11.1. The van der Waals surface area contributed by atoms with E-state index in [0.717, 1.165) is 12.2 Å². The summed E-state index contributed by atoms with van der Waals surface area (Å²) in [7, 11) is 0. The summed E-state index contributed by atoms with van der Waals surface area (Å²) in [5.74, 6) is -0.0699. The van der Waals surface area contributed by atoms with Crippen LogP contribution in [0.1, 0.15) is 11.4 Å². The van der Waals surface area contributed by atoms with Gasteiger partial charge in [-0.05, 0) is 19.9 Å². The number of nitrogens with one attached hydrogen (secondary N) is 2. The summed E-state index contributed by atoms with van der Waals surface area (Å²) in [4.78, 5) is 27.3. The number of amides is 1. The van der Waals surface area contributed by atoms with Gasteiger partial charge in [0.15, 0.2) is 0 Å². The minimum absolute atomic E-state index is 0.0699. The lowest BCUT2D eigenvalue weighted by Crippen LogP contribution is -2.42. The van der Waals surface area contributed by atoms with E-state index in [0.29, 0.717) is 18.8 Å². The molecule has 2 N–H and O–H groups in total. The zero-order chi connectivity index (χ0) is 13.8. The smallest absolute Gasteiger partial charge is 0.348 e. The summed E-state index contributed by atoms with van der Waals surface area (Å²) in [6.45, 7) is 5.22. The van der Waals surface area contributed by atoms with Crippen molar-refractivity contribution in [3.63, 3.8) is 0 Å². The summed E-state index contributed by atoms with van der Waals surface area (Å²) in [5.41, 5.74) is 1.29. The highest BCUT2D eigenvalue weighted by Crippen LogP contribution is 1.97. The van der Waals surface area contributed by atoms with Crippen LogP contribution in [-0.4, -0.2) is 34.6 Å².